The Hall–Kier alpha value is -1.51. The molecule has 0 aliphatic carbocycles. The lowest BCUT2D eigenvalue weighted by Crippen LogP contribution is -2.64. The smallest absolute Gasteiger partial charge is 0.338 e. The normalized spacial score (nSPS) is 36.1. The average molecular weight is 324 g/mol. The maximum Gasteiger partial charge on any atom is 0.338 e. The lowest BCUT2D eigenvalue weighted by molar-refractivity contribution is -0.336. The van der Waals surface area contributed by atoms with Crippen LogP contribution in [0, 0.1) is 0 Å². The minimum atomic E-state index is -1.44. The van der Waals surface area contributed by atoms with Gasteiger partial charge in [0.25, 0.3) is 0 Å². The van der Waals surface area contributed by atoms with Crippen molar-refractivity contribution >= 4 is 5.97 Å². The molecule has 0 bridgehead atoms. The van der Waals surface area contributed by atoms with E-state index in [-0.39, 0.29) is 13.2 Å². The Labute approximate surface area is 133 Å². The highest BCUT2D eigenvalue weighted by molar-refractivity contribution is 5.89. The van der Waals surface area contributed by atoms with Gasteiger partial charge in [0, 0.05) is 0 Å². The highest BCUT2D eigenvalue weighted by atomic mass is 16.8. The van der Waals surface area contributed by atoms with Gasteiger partial charge in [0.2, 0.25) is 5.79 Å². The van der Waals surface area contributed by atoms with Crippen LogP contribution in [0.5, 0.6) is 0 Å². The number of esters is 1. The van der Waals surface area contributed by atoms with Crippen LogP contribution in [0.15, 0.2) is 30.3 Å². The second kappa shape index (κ2) is 5.85. The van der Waals surface area contributed by atoms with Crippen LogP contribution in [-0.2, 0) is 18.9 Å². The van der Waals surface area contributed by atoms with Crippen molar-refractivity contribution in [2.75, 3.05) is 13.2 Å². The third-order valence-electron chi connectivity index (χ3n) is 3.92. The Bertz CT molecular complexity index is 573. The molecule has 0 saturated carbocycles. The third kappa shape index (κ3) is 3.11. The predicted octanol–water partition coefficient (Wildman–Crippen LogP) is 0.443. The summed E-state index contributed by atoms with van der Waals surface area (Å²) in [5.41, 5.74) is 0.327. The molecule has 2 saturated heterocycles. The fourth-order valence-electron chi connectivity index (χ4n) is 2.75. The quantitative estimate of drug-likeness (QED) is 0.762. The molecule has 2 aliphatic rings. The van der Waals surface area contributed by atoms with E-state index in [1.54, 1.807) is 44.2 Å². The zero-order chi connectivity index (χ0) is 16.7. The van der Waals surface area contributed by atoms with Crippen molar-refractivity contribution in [2.45, 2.75) is 43.7 Å². The van der Waals surface area contributed by atoms with E-state index in [1.165, 1.54) is 0 Å². The van der Waals surface area contributed by atoms with Crippen molar-refractivity contribution in [3.63, 3.8) is 0 Å². The fourth-order valence-corrected chi connectivity index (χ4v) is 2.75. The molecule has 2 fully saturated rings. The first-order valence-corrected chi connectivity index (χ1v) is 7.43. The summed E-state index contributed by atoms with van der Waals surface area (Å²) in [6.45, 7) is 3.23. The van der Waals surface area contributed by atoms with Gasteiger partial charge in [-0.1, -0.05) is 18.2 Å². The molecular weight excluding hydrogens is 304 g/mol. The summed E-state index contributed by atoms with van der Waals surface area (Å²) < 4.78 is 22.2. The molecule has 7 heteroatoms. The third-order valence-corrected chi connectivity index (χ3v) is 3.92. The van der Waals surface area contributed by atoms with Crippen LogP contribution in [0.4, 0.5) is 0 Å². The predicted molar refractivity (Wildman–Crippen MR) is 77.5 cm³/mol. The van der Waals surface area contributed by atoms with E-state index in [4.69, 9.17) is 18.9 Å². The molecule has 2 heterocycles. The van der Waals surface area contributed by atoms with E-state index in [2.05, 4.69) is 0 Å². The Kier molecular flexibility index (Phi) is 4.16. The SMILES string of the molecule is CC1(C)OC[C@]2(OC[C@@H](O)[C@@H](O)[C@@H]2OC(=O)c2ccccc2)O1. The number of hydrogen-bond acceptors (Lipinski definition) is 7. The first kappa shape index (κ1) is 16.4. The summed E-state index contributed by atoms with van der Waals surface area (Å²) in [6, 6.07) is 8.37. The summed E-state index contributed by atoms with van der Waals surface area (Å²) >= 11 is 0. The van der Waals surface area contributed by atoms with E-state index in [9.17, 15) is 15.0 Å². The van der Waals surface area contributed by atoms with Crippen LogP contribution >= 0.6 is 0 Å². The first-order chi connectivity index (χ1) is 10.8. The lowest BCUT2D eigenvalue weighted by Gasteiger charge is -2.43. The van der Waals surface area contributed by atoms with Crippen molar-refractivity contribution in [1.29, 1.82) is 0 Å². The molecule has 0 aromatic heterocycles. The van der Waals surface area contributed by atoms with Crippen molar-refractivity contribution in [3.05, 3.63) is 35.9 Å². The second-order valence-electron chi connectivity index (χ2n) is 6.16. The Morgan fingerprint density at radius 1 is 1.22 bits per heavy atom. The van der Waals surface area contributed by atoms with Gasteiger partial charge in [-0.3, -0.25) is 0 Å². The molecule has 126 valence electrons. The molecule has 2 aliphatic heterocycles. The molecule has 7 nitrogen and oxygen atoms in total. The number of rotatable bonds is 2. The monoisotopic (exact) mass is 324 g/mol. The molecule has 1 aromatic carbocycles. The average Bonchev–Trinajstić information content (AvgIpc) is 2.85. The molecule has 0 unspecified atom stereocenters. The summed E-state index contributed by atoms with van der Waals surface area (Å²) in [5.74, 6) is -3.02. The highest BCUT2D eigenvalue weighted by Gasteiger charge is 2.60. The van der Waals surface area contributed by atoms with Crippen LogP contribution in [0.25, 0.3) is 0 Å². The number of hydrogen-bond donors (Lipinski definition) is 2. The zero-order valence-electron chi connectivity index (χ0n) is 13.0. The Morgan fingerprint density at radius 2 is 1.91 bits per heavy atom. The van der Waals surface area contributed by atoms with Crippen molar-refractivity contribution in [3.8, 4) is 0 Å². The maximum absolute atomic E-state index is 12.3. The minimum Gasteiger partial charge on any atom is -0.450 e. The van der Waals surface area contributed by atoms with Crippen molar-refractivity contribution in [2.24, 2.45) is 0 Å². The Morgan fingerprint density at radius 3 is 2.52 bits per heavy atom. The fraction of sp³-hybridized carbons (Fsp3) is 0.562. The maximum atomic E-state index is 12.3. The van der Waals surface area contributed by atoms with Gasteiger partial charge in [0.15, 0.2) is 11.9 Å². The number of ether oxygens (including phenoxy) is 4. The number of carbonyl (C=O) groups excluding carboxylic acids is 1. The number of benzene rings is 1. The highest BCUT2D eigenvalue weighted by Crippen LogP contribution is 2.40. The van der Waals surface area contributed by atoms with E-state index in [0.717, 1.165) is 0 Å². The molecule has 0 radical (unpaired) electrons. The molecule has 3 rings (SSSR count). The molecule has 1 spiro atoms. The second-order valence-corrected chi connectivity index (χ2v) is 6.16. The van der Waals surface area contributed by atoms with Crippen LogP contribution in [0.1, 0.15) is 24.2 Å². The molecular formula is C16H20O7. The van der Waals surface area contributed by atoms with Gasteiger partial charge >= 0.3 is 5.97 Å². The van der Waals surface area contributed by atoms with Crippen LogP contribution in [0.3, 0.4) is 0 Å². The molecule has 1 aromatic rings. The number of carbonyl (C=O) groups is 1. The van der Waals surface area contributed by atoms with Gasteiger partial charge in [-0.15, -0.1) is 0 Å². The summed E-state index contributed by atoms with van der Waals surface area (Å²) in [6.07, 6.45) is -3.73. The minimum absolute atomic E-state index is 0.0173. The van der Waals surface area contributed by atoms with Gasteiger partial charge in [-0.2, -0.15) is 0 Å². The number of aliphatic hydroxyl groups excluding tert-OH is 2. The van der Waals surface area contributed by atoms with E-state index >= 15 is 0 Å². The van der Waals surface area contributed by atoms with E-state index in [0.29, 0.717) is 5.56 Å². The summed E-state index contributed by atoms with van der Waals surface area (Å²) in [5, 5.41) is 20.1. The topological polar surface area (TPSA) is 94.5 Å². The van der Waals surface area contributed by atoms with Crippen LogP contribution < -0.4 is 0 Å². The van der Waals surface area contributed by atoms with Crippen molar-refractivity contribution in [1.82, 2.24) is 0 Å². The number of aliphatic hydroxyl groups is 2. The molecule has 23 heavy (non-hydrogen) atoms. The van der Waals surface area contributed by atoms with Crippen molar-refractivity contribution < 1.29 is 34.0 Å². The van der Waals surface area contributed by atoms with Crippen LogP contribution in [-0.4, -0.2) is 59.3 Å². The van der Waals surface area contributed by atoms with Gasteiger partial charge in [0.05, 0.1) is 12.2 Å². The van der Waals surface area contributed by atoms with Gasteiger partial charge < -0.3 is 29.2 Å². The van der Waals surface area contributed by atoms with E-state index < -0.39 is 35.9 Å². The van der Waals surface area contributed by atoms with Crippen LogP contribution in [0.2, 0.25) is 0 Å². The molecule has 2 N–H and O–H groups in total. The molecule has 0 amide bonds. The first-order valence-electron chi connectivity index (χ1n) is 7.43. The largest absolute Gasteiger partial charge is 0.450 e. The van der Waals surface area contributed by atoms with Gasteiger partial charge in [0.1, 0.15) is 18.8 Å². The zero-order valence-corrected chi connectivity index (χ0v) is 13.0. The van der Waals surface area contributed by atoms with Gasteiger partial charge in [-0.05, 0) is 26.0 Å². The molecule has 4 atom stereocenters. The summed E-state index contributed by atoms with van der Waals surface area (Å²) in [4.78, 5) is 12.3. The van der Waals surface area contributed by atoms with Gasteiger partial charge in [-0.25, -0.2) is 4.79 Å². The standard InChI is InChI=1S/C16H20O7/c1-15(2)21-9-16(23-15)13(12(18)11(17)8-20-16)22-14(19)10-6-4-3-5-7-10/h3-7,11-13,17-18H,8-9H2,1-2H3/t11-,12-,13+,16+/m1/s1. The lowest BCUT2D eigenvalue weighted by atomic mass is 9.97. The van der Waals surface area contributed by atoms with E-state index in [1.807, 2.05) is 0 Å². The summed E-state index contributed by atoms with van der Waals surface area (Å²) in [7, 11) is 0. The Balaban J connectivity index is 1.84.